The van der Waals surface area contributed by atoms with Gasteiger partial charge in [0, 0.05) is 19.3 Å². The molecule has 0 fully saturated rings. The lowest BCUT2D eigenvalue weighted by molar-refractivity contribution is 0.294. The van der Waals surface area contributed by atoms with Gasteiger partial charge in [0.1, 0.15) is 0 Å². The molecule has 0 aromatic heterocycles. The summed E-state index contributed by atoms with van der Waals surface area (Å²) < 4.78 is 34.7. The second-order valence-electron chi connectivity index (χ2n) is 7.25. The highest BCUT2D eigenvalue weighted by molar-refractivity contribution is 7.90. The molecule has 2 rings (SSSR count). The standard InChI is InChI=1S/C23H33N3O4S/c1-6-12-30-20-10-8-19(14-21(20)29-4)16-26-23(24-7-2)25-15-18-9-11-22(17(3)13-18)31(5,27)28/h8-11,13-14H,6-7,12,15-16H2,1-5H3,(H2,24,25,26). The fraction of sp³-hybridized carbons (Fsp3) is 0.435. The highest BCUT2D eigenvalue weighted by Crippen LogP contribution is 2.28. The summed E-state index contributed by atoms with van der Waals surface area (Å²) in [6, 6.07) is 11.2. The molecule has 0 unspecified atom stereocenters. The number of guanidine groups is 1. The zero-order valence-corrected chi connectivity index (χ0v) is 19.8. The van der Waals surface area contributed by atoms with Crippen molar-refractivity contribution in [2.45, 2.75) is 45.2 Å². The van der Waals surface area contributed by atoms with E-state index in [2.05, 4.69) is 22.5 Å². The Morgan fingerprint density at radius 1 is 1.03 bits per heavy atom. The Morgan fingerprint density at radius 3 is 2.39 bits per heavy atom. The van der Waals surface area contributed by atoms with Crippen LogP contribution in [0.3, 0.4) is 0 Å². The molecule has 0 radical (unpaired) electrons. The number of nitrogens with zero attached hydrogens (tertiary/aromatic N) is 1. The highest BCUT2D eigenvalue weighted by atomic mass is 32.2. The largest absolute Gasteiger partial charge is 0.493 e. The lowest BCUT2D eigenvalue weighted by Gasteiger charge is -2.14. The van der Waals surface area contributed by atoms with Crippen LogP contribution in [0.15, 0.2) is 46.3 Å². The predicted octanol–water partition coefficient (Wildman–Crippen LogP) is 3.45. The van der Waals surface area contributed by atoms with E-state index in [0.717, 1.165) is 35.4 Å². The Bertz CT molecular complexity index is 1000. The molecule has 2 N–H and O–H groups in total. The van der Waals surface area contributed by atoms with Crippen LogP contribution >= 0.6 is 0 Å². The minimum atomic E-state index is -3.22. The highest BCUT2D eigenvalue weighted by Gasteiger charge is 2.11. The Balaban J connectivity index is 2.07. The van der Waals surface area contributed by atoms with Gasteiger partial charge >= 0.3 is 0 Å². The molecule has 0 spiro atoms. The molecule has 0 aliphatic carbocycles. The van der Waals surface area contributed by atoms with E-state index in [1.54, 1.807) is 26.2 Å². The molecule has 0 atom stereocenters. The summed E-state index contributed by atoms with van der Waals surface area (Å²) in [4.78, 5) is 4.97. The van der Waals surface area contributed by atoms with Crippen molar-refractivity contribution in [3.8, 4) is 11.5 Å². The number of aliphatic imine (C=N–C) groups is 1. The zero-order chi connectivity index (χ0) is 22.9. The van der Waals surface area contributed by atoms with Crippen molar-refractivity contribution in [2.24, 2.45) is 4.99 Å². The number of methoxy groups -OCH3 is 1. The average molecular weight is 448 g/mol. The third-order valence-corrected chi connectivity index (χ3v) is 5.81. The van der Waals surface area contributed by atoms with Crippen LogP contribution in [0, 0.1) is 6.92 Å². The second kappa shape index (κ2) is 11.6. The number of sulfone groups is 1. The maximum atomic E-state index is 11.8. The maximum absolute atomic E-state index is 11.8. The van der Waals surface area contributed by atoms with Crippen LogP contribution in [0.1, 0.15) is 37.0 Å². The van der Waals surface area contributed by atoms with Crippen LogP contribution < -0.4 is 20.1 Å². The van der Waals surface area contributed by atoms with E-state index in [9.17, 15) is 8.42 Å². The van der Waals surface area contributed by atoms with Crippen molar-refractivity contribution < 1.29 is 17.9 Å². The van der Waals surface area contributed by atoms with Gasteiger partial charge in [-0.2, -0.15) is 0 Å². The summed E-state index contributed by atoms with van der Waals surface area (Å²) in [5.74, 6) is 2.12. The number of hydrogen-bond acceptors (Lipinski definition) is 5. The molecular formula is C23H33N3O4S. The molecule has 2 aromatic rings. The minimum absolute atomic E-state index is 0.352. The van der Waals surface area contributed by atoms with Gasteiger partial charge in [0.2, 0.25) is 0 Å². The van der Waals surface area contributed by atoms with Gasteiger partial charge in [-0.15, -0.1) is 0 Å². The van der Waals surface area contributed by atoms with Gasteiger partial charge < -0.3 is 20.1 Å². The van der Waals surface area contributed by atoms with E-state index < -0.39 is 9.84 Å². The Hall–Kier alpha value is -2.74. The van der Waals surface area contributed by atoms with Crippen LogP contribution in [0.4, 0.5) is 0 Å². The predicted molar refractivity (Wildman–Crippen MR) is 125 cm³/mol. The number of aryl methyl sites for hydroxylation is 1. The number of hydrogen-bond donors (Lipinski definition) is 2. The first-order chi connectivity index (χ1) is 14.8. The second-order valence-corrected chi connectivity index (χ2v) is 9.24. The quantitative estimate of drug-likeness (QED) is 0.428. The first-order valence-electron chi connectivity index (χ1n) is 10.4. The summed E-state index contributed by atoms with van der Waals surface area (Å²) in [7, 11) is -1.59. The van der Waals surface area contributed by atoms with Gasteiger partial charge in [0.25, 0.3) is 0 Å². The summed E-state index contributed by atoms with van der Waals surface area (Å²) in [5.41, 5.74) is 2.71. The molecule has 31 heavy (non-hydrogen) atoms. The van der Waals surface area contributed by atoms with E-state index in [-0.39, 0.29) is 0 Å². The number of nitrogens with one attached hydrogen (secondary N) is 2. The van der Waals surface area contributed by atoms with Crippen molar-refractivity contribution in [2.75, 3.05) is 26.5 Å². The average Bonchev–Trinajstić information content (AvgIpc) is 2.73. The molecule has 0 aliphatic rings. The van der Waals surface area contributed by atoms with Crippen molar-refractivity contribution in [1.29, 1.82) is 0 Å². The van der Waals surface area contributed by atoms with Crippen LogP contribution in [0.2, 0.25) is 0 Å². The summed E-state index contributed by atoms with van der Waals surface area (Å²) in [6.07, 6.45) is 2.16. The molecule has 2 aromatic carbocycles. The summed E-state index contributed by atoms with van der Waals surface area (Å²) in [5, 5.41) is 6.55. The molecular weight excluding hydrogens is 414 g/mol. The molecule has 0 bridgehead atoms. The van der Waals surface area contributed by atoms with Crippen molar-refractivity contribution >= 4 is 15.8 Å². The zero-order valence-electron chi connectivity index (χ0n) is 19.0. The Morgan fingerprint density at radius 2 is 1.77 bits per heavy atom. The van der Waals surface area contributed by atoms with Crippen molar-refractivity contribution in [1.82, 2.24) is 10.6 Å². The SMILES string of the molecule is CCCOc1ccc(CNC(=NCc2ccc(S(C)(=O)=O)c(C)c2)NCC)cc1OC. The summed E-state index contributed by atoms with van der Waals surface area (Å²) >= 11 is 0. The molecule has 0 aliphatic heterocycles. The number of benzene rings is 2. The number of rotatable bonds is 10. The van der Waals surface area contributed by atoms with Crippen LogP contribution in [-0.4, -0.2) is 40.9 Å². The van der Waals surface area contributed by atoms with E-state index in [1.807, 2.05) is 31.2 Å². The van der Waals surface area contributed by atoms with Crippen molar-refractivity contribution in [3.05, 3.63) is 53.1 Å². The van der Waals surface area contributed by atoms with Gasteiger partial charge in [-0.1, -0.05) is 25.1 Å². The topological polar surface area (TPSA) is 89.0 Å². The molecule has 0 saturated carbocycles. The smallest absolute Gasteiger partial charge is 0.191 e. The van der Waals surface area contributed by atoms with Gasteiger partial charge in [-0.25, -0.2) is 13.4 Å². The summed E-state index contributed by atoms with van der Waals surface area (Å²) in [6.45, 7) is 8.25. The Labute approximate surface area is 185 Å². The lowest BCUT2D eigenvalue weighted by Crippen LogP contribution is -2.36. The number of ether oxygens (including phenoxy) is 2. The maximum Gasteiger partial charge on any atom is 0.191 e. The van der Waals surface area contributed by atoms with Gasteiger partial charge in [0.15, 0.2) is 27.3 Å². The van der Waals surface area contributed by atoms with E-state index in [0.29, 0.717) is 36.3 Å². The molecule has 7 nitrogen and oxygen atoms in total. The van der Waals surface area contributed by atoms with E-state index in [1.165, 1.54) is 6.26 Å². The van der Waals surface area contributed by atoms with E-state index in [4.69, 9.17) is 9.47 Å². The molecule has 170 valence electrons. The first-order valence-corrected chi connectivity index (χ1v) is 12.3. The third kappa shape index (κ3) is 7.47. The fourth-order valence-corrected chi connectivity index (χ4v) is 4.04. The monoisotopic (exact) mass is 447 g/mol. The normalized spacial score (nSPS) is 11.8. The fourth-order valence-electron chi connectivity index (χ4n) is 3.08. The van der Waals surface area contributed by atoms with Crippen LogP contribution in [0.5, 0.6) is 11.5 Å². The van der Waals surface area contributed by atoms with Gasteiger partial charge in [0.05, 0.1) is 25.2 Å². The third-order valence-electron chi connectivity index (χ3n) is 4.55. The van der Waals surface area contributed by atoms with Gasteiger partial charge in [-0.05, 0) is 55.2 Å². The minimum Gasteiger partial charge on any atom is -0.493 e. The molecule has 0 saturated heterocycles. The van der Waals surface area contributed by atoms with E-state index >= 15 is 0 Å². The lowest BCUT2D eigenvalue weighted by atomic mass is 10.1. The molecule has 8 heteroatoms. The van der Waals surface area contributed by atoms with Crippen LogP contribution in [0.25, 0.3) is 0 Å². The first kappa shape index (κ1) is 24.5. The van der Waals surface area contributed by atoms with Gasteiger partial charge in [-0.3, -0.25) is 0 Å². The molecule has 0 heterocycles. The molecule has 0 amide bonds. The van der Waals surface area contributed by atoms with Crippen molar-refractivity contribution in [3.63, 3.8) is 0 Å². The van der Waals surface area contributed by atoms with Crippen LogP contribution in [-0.2, 0) is 22.9 Å². The Kier molecular flexibility index (Phi) is 9.18.